The summed E-state index contributed by atoms with van der Waals surface area (Å²) in [5.74, 6) is 1.52. The smallest absolute Gasteiger partial charge is 0.236 e. The number of para-hydroxylation sites is 1. The van der Waals surface area contributed by atoms with Crippen LogP contribution in [0.25, 0.3) is 0 Å². The summed E-state index contributed by atoms with van der Waals surface area (Å²) >= 11 is 0. The molecule has 1 spiro atoms. The van der Waals surface area contributed by atoms with Crippen LogP contribution in [0.5, 0.6) is 0 Å². The van der Waals surface area contributed by atoms with Gasteiger partial charge >= 0.3 is 0 Å². The molecule has 4 rings (SSSR count). The number of hydrogen-bond acceptors (Lipinski definition) is 3. The second-order valence-electron chi connectivity index (χ2n) is 9.41. The van der Waals surface area contributed by atoms with Crippen molar-refractivity contribution in [1.82, 2.24) is 0 Å². The van der Waals surface area contributed by atoms with Crippen LogP contribution in [-0.4, -0.2) is 23.8 Å². The van der Waals surface area contributed by atoms with Crippen LogP contribution in [-0.2, 0) is 4.74 Å². The zero-order valence-electron chi connectivity index (χ0n) is 18.8. The molecule has 3 heteroatoms. The summed E-state index contributed by atoms with van der Waals surface area (Å²) in [5, 5.41) is 0. The molecule has 2 aliphatic rings. The van der Waals surface area contributed by atoms with Crippen LogP contribution in [0.15, 0.2) is 58.5 Å². The summed E-state index contributed by atoms with van der Waals surface area (Å²) in [6.07, 6.45) is 6.04. The van der Waals surface area contributed by atoms with Gasteiger partial charge in [0.25, 0.3) is 0 Å². The molecule has 0 bridgehead atoms. The first-order valence-corrected chi connectivity index (χ1v) is 11.5. The van der Waals surface area contributed by atoms with Gasteiger partial charge in [0, 0.05) is 5.56 Å². The molecule has 158 valence electrons. The van der Waals surface area contributed by atoms with Gasteiger partial charge in [-0.2, -0.15) is 0 Å². The monoisotopic (exact) mass is 402 g/mol. The Balaban J connectivity index is 1.87. The molecule has 3 nitrogen and oxygen atoms in total. The lowest BCUT2D eigenvalue weighted by Crippen LogP contribution is -2.30. The van der Waals surface area contributed by atoms with Crippen LogP contribution < -0.4 is 0 Å². The number of hydrogen-bond donors (Lipinski definition) is 0. The number of nitrogens with zero attached hydrogens (tertiary/aromatic N) is 2. The second-order valence-corrected chi connectivity index (χ2v) is 9.41. The first-order chi connectivity index (χ1) is 14.5. The van der Waals surface area contributed by atoms with Crippen molar-refractivity contribution >= 4 is 17.3 Å². The first kappa shape index (κ1) is 20.8. The highest BCUT2D eigenvalue weighted by Gasteiger charge is 2.39. The molecule has 2 aromatic rings. The second kappa shape index (κ2) is 8.75. The van der Waals surface area contributed by atoms with Crippen LogP contribution in [0.1, 0.15) is 88.3 Å². The summed E-state index contributed by atoms with van der Waals surface area (Å²) < 4.78 is 6.25. The molecule has 1 saturated carbocycles. The van der Waals surface area contributed by atoms with Gasteiger partial charge in [0.15, 0.2) is 0 Å². The van der Waals surface area contributed by atoms with Crippen LogP contribution in [0.2, 0.25) is 0 Å². The van der Waals surface area contributed by atoms with E-state index in [1.54, 1.807) is 0 Å². The van der Waals surface area contributed by atoms with Crippen molar-refractivity contribution < 1.29 is 4.74 Å². The molecule has 1 fully saturated rings. The zero-order chi connectivity index (χ0) is 21.1. The molecule has 0 saturated heterocycles. The summed E-state index contributed by atoms with van der Waals surface area (Å²) in [6, 6.07) is 17.0. The van der Waals surface area contributed by atoms with Crippen LogP contribution >= 0.6 is 0 Å². The van der Waals surface area contributed by atoms with E-state index in [0.717, 1.165) is 35.7 Å². The highest BCUT2D eigenvalue weighted by Crippen LogP contribution is 2.38. The van der Waals surface area contributed by atoms with Crippen molar-refractivity contribution in [2.45, 2.75) is 77.2 Å². The van der Waals surface area contributed by atoms with E-state index in [0.29, 0.717) is 18.4 Å². The van der Waals surface area contributed by atoms with Gasteiger partial charge in [-0.15, -0.1) is 0 Å². The van der Waals surface area contributed by atoms with E-state index >= 15 is 0 Å². The van der Waals surface area contributed by atoms with Gasteiger partial charge in [-0.3, -0.25) is 0 Å². The van der Waals surface area contributed by atoms with E-state index in [1.807, 2.05) is 6.07 Å². The van der Waals surface area contributed by atoms with Crippen LogP contribution in [0, 0.1) is 0 Å². The maximum Gasteiger partial charge on any atom is 0.236 e. The molecule has 0 unspecified atom stereocenters. The normalized spacial score (nSPS) is 18.7. The third-order valence-electron chi connectivity index (χ3n) is 6.42. The fraction of sp³-hybridized carbons (Fsp3) is 0.481. The molecule has 0 atom stereocenters. The predicted octanol–water partition coefficient (Wildman–Crippen LogP) is 7.19. The van der Waals surface area contributed by atoms with Crippen molar-refractivity contribution in [3.8, 4) is 0 Å². The molecule has 30 heavy (non-hydrogen) atoms. The number of aliphatic imine (C=N–C) groups is 2. The van der Waals surface area contributed by atoms with Crippen LogP contribution in [0.4, 0.5) is 5.69 Å². The third-order valence-corrected chi connectivity index (χ3v) is 6.42. The van der Waals surface area contributed by atoms with E-state index in [1.165, 1.54) is 30.4 Å². The van der Waals surface area contributed by atoms with Gasteiger partial charge in [0.1, 0.15) is 12.3 Å². The van der Waals surface area contributed by atoms with Crippen molar-refractivity contribution in [2.75, 3.05) is 6.61 Å². The Labute approximate surface area is 181 Å². The number of benzene rings is 2. The molecular formula is C27H34N2O. The van der Waals surface area contributed by atoms with Gasteiger partial charge in [-0.1, -0.05) is 95.5 Å². The molecule has 1 heterocycles. The Morgan fingerprint density at radius 1 is 0.867 bits per heavy atom. The summed E-state index contributed by atoms with van der Waals surface area (Å²) in [4.78, 5) is 10.5. The fourth-order valence-corrected chi connectivity index (χ4v) is 4.65. The van der Waals surface area contributed by atoms with Crippen molar-refractivity contribution in [3.05, 3.63) is 65.2 Å². The Morgan fingerprint density at radius 2 is 1.50 bits per heavy atom. The summed E-state index contributed by atoms with van der Waals surface area (Å²) in [5.41, 5.74) is 5.53. The van der Waals surface area contributed by atoms with E-state index in [9.17, 15) is 0 Å². The molecular weight excluding hydrogens is 368 g/mol. The fourth-order valence-electron chi connectivity index (χ4n) is 4.65. The molecule has 0 aromatic heterocycles. The molecule has 0 radical (unpaired) electrons. The maximum atomic E-state index is 6.25. The minimum Gasteiger partial charge on any atom is -0.474 e. The lowest BCUT2D eigenvalue weighted by molar-refractivity contribution is 0.208. The first-order valence-electron chi connectivity index (χ1n) is 11.5. The molecule has 0 amide bonds. The molecule has 1 aliphatic heterocycles. The number of rotatable bonds is 5. The molecule has 0 N–H and O–H groups in total. The Hall–Kier alpha value is -2.42. The molecule has 1 aliphatic carbocycles. The van der Waals surface area contributed by atoms with Gasteiger partial charge in [-0.25, -0.2) is 9.98 Å². The number of ether oxygens (including phenoxy) is 1. The zero-order valence-corrected chi connectivity index (χ0v) is 18.8. The highest BCUT2D eigenvalue weighted by molar-refractivity contribution is 6.46. The van der Waals surface area contributed by atoms with E-state index < -0.39 is 0 Å². The standard InChI is InChI=1S/C27H34N2O/c1-19(2)22-14-11-15-23(20(3)4)25(22)28-24(21-12-7-5-8-13-21)26-29-27(18-30-26)16-9-6-10-17-27/h5,7-8,11-15,19-20H,6,9-10,16-18H2,1-4H3/b28-24+. The van der Waals surface area contributed by atoms with E-state index in [2.05, 4.69) is 70.2 Å². The van der Waals surface area contributed by atoms with Crippen LogP contribution in [0.3, 0.4) is 0 Å². The highest BCUT2D eigenvalue weighted by atomic mass is 16.5. The lowest BCUT2D eigenvalue weighted by Gasteiger charge is -2.27. The van der Waals surface area contributed by atoms with Gasteiger partial charge in [0.05, 0.1) is 11.2 Å². The predicted molar refractivity (Wildman–Crippen MR) is 126 cm³/mol. The van der Waals surface area contributed by atoms with Gasteiger partial charge < -0.3 is 4.74 Å². The molecule has 2 aromatic carbocycles. The van der Waals surface area contributed by atoms with Gasteiger partial charge in [0.2, 0.25) is 5.90 Å². The average molecular weight is 403 g/mol. The van der Waals surface area contributed by atoms with Gasteiger partial charge in [-0.05, 0) is 35.8 Å². The maximum absolute atomic E-state index is 6.25. The lowest BCUT2D eigenvalue weighted by atomic mass is 9.83. The minimum absolute atomic E-state index is 0.0401. The average Bonchev–Trinajstić information content (AvgIpc) is 3.15. The quantitative estimate of drug-likeness (QED) is 0.487. The third kappa shape index (κ3) is 4.21. The van der Waals surface area contributed by atoms with E-state index in [-0.39, 0.29) is 5.54 Å². The van der Waals surface area contributed by atoms with Crippen molar-refractivity contribution in [1.29, 1.82) is 0 Å². The Bertz CT molecular complexity index is 908. The van der Waals surface area contributed by atoms with E-state index in [4.69, 9.17) is 14.7 Å². The Morgan fingerprint density at radius 3 is 2.10 bits per heavy atom. The SMILES string of the molecule is CC(C)c1cccc(C(C)C)c1/N=C(/C1=NC2(CCCCC2)CO1)c1ccccc1. The summed E-state index contributed by atoms with van der Waals surface area (Å²) in [6.45, 7) is 9.64. The summed E-state index contributed by atoms with van der Waals surface area (Å²) in [7, 11) is 0. The topological polar surface area (TPSA) is 34.0 Å². The minimum atomic E-state index is -0.0401. The Kier molecular flexibility index (Phi) is 6.08. The van der Waals surface area contributed by atoms with Crippen molar-refractivity contribution in [3.63, 3.8) is 0 Å². The van der Waals surface area contributed by atoms with Crippen molar-refractivity contribution in [2.24, 2.45) is 9.98 Å². The largest absolute Gasteiger partial charge is 0.474 e.